The Morgan fingerprint density at radius 2 is 2.12 bits per heavy atom. The van der Waals surface area contributed by atoms with Crippen molar-refractivity contribution in [3.8, 4) is 0 Å². The molecule has 1 fully saturated rings. The monoisotopic (exact) mass is 240 g/mol. The van der Waals surface area contributed by atoms with E-state index in [0.29, 0.717) is 12.5 Å². The van der Waals surface area contributed by atoms with E-state index in [9.17, 15) is 13.6 Å². The van der Waals surface area contributed by atoms with Gasteiger partial charge in [-0.1, -0.05) is 0 Å². The average Bonchev–Trinajstić information content (AvgIpc) is 3.13. The Bertz CT molecular complexity index is 433. The Balaban J connectivity index is 1.92. The molecule has 0 aliphatic heterocycles. The fourth-order valence-electron chi connectivity index (χ4n) is 1.64. The molecule has 0 saturated heterocycles. The molecule has 0 radical (unpaired) electrons. The molecule has 3 nitrogen and oxygen atoms in total. The van der Waals surface area contributed by atoms with E-state index in [4.69, 9.17) is 5.73 Å². The van der Waals surface area contributed by atoms with Crippen LogP contribution >= 0.6 is 0 Å². The van der Waals surface area contributed by atoms with Gasteiger partial charge in [0.2, 0.25) is 0 Å². The van der Waals surface area contributed by atoms with Gasteiger partial charge in [-0.15, -0.1) is 0 Å². The lowest BCUT2D eigenvalue weighted by atomic mass is 10.1. The average molecular weight is 240 g/mol. The molecule has 92 valence electrons. The molecule has 0 bridgehead atoms. The van der Waals surface area contributed by atoms with Crippen molar-refractivity contribution in [2.45, 2.75) is 18.9 Å². The Labute approximate surface area is 98.0 Å². The summed E-state index contributed by atoms with van der Waals surface area (Å²) in [7, 11) is 0. The van der Waals surface area contributed by atoms with E-state index in [1.54, 1.807) is 0 Å². The number of carbonyl (C=O) groups is 1. The van der Waals surface area contributed by atoms with Gasteiger partial charge in [0, 0.05) is 18.2 Å². The fourth-order valence-corrected chi connectivity index (χ4v) is 1.64. The number of rotatable bonds is 4. The van der Waals surface area contributed by atoms with Crippen LogP contribution < -0.4 is 11.1 Å². The number of nitrogens with two attached hydrogens (primary N) is 1. The highest BCUT2D eigenvalue weighted by Gasteiger charge is 2.28. The van der Waals surface area contributed by atoms with Crippen LogP contribution in [0.25, 0.3) is 0 Å². The minimum absolute atomic E-state index is 0.0516. The number of benzene rings is 1. The second-order valence-electron chi connectivity index (χ2n) is 4.34. The van der Waals surface area contributed by atoms with Crippen LogP contribution in [0.5, 0.6) is 0 Å². The minimum atomic E-state index is -1.02. The molecule has 3 N–H and O–H groups in total. The van der Waals surface area contributed by atoms with Gasteiger partial charge in [-0.2, -0.15) is 0 Å². The maximum atomic E-state index is 12.9. The molecule has 2 rings (SSSR count). The lowest BCUT2D eigenvalue weighted by Crippen LogP contribution is -2.38. The SMILES string of the molecule is NC(CNC(=O)c1ccc(F)c(F)c1)C1CC1. The third kappa shape index (κ3) is 3.00. The van der Waals surface area contributed by atoms with Gasteiger partial charge in [0.1, 0.15) is 0 Å². The molecule has 5 heteroatoms. The summed E-state index contributed by atoms with van der Waals surface area (Å²) in [6.45, 7) is 0.364. The standard InChI is InChI=1S/C12H14F2N2O/c13-9-4-3-8(5-10(9)14)12(17)16-6-11(15)7-1-2-7/h3-5,7,11H,1-2,6,15H2,(H,16,17). The number of nitrogens with one attached hydrogen (secondary N) is 1. The Hall–Kier alpha value is -1.49. The molecule has 1 saturated carbocycles. The van der Waals surface area contributed by atoms with Crippen molar-refractivity contribution < 1.29 is 13.6 Å². The van der Waals surface area contributed by atoms with Crippen LogP contribution in [0.3, 0.4) is 0 Å². The molecule has 1 aliphatic carbocycles. The van der Waals surface area contributed by atoms with Crippen molar-refractivity contribution in [2.24, 2.45) is 11.7 Å². The van der Waals surface area contributed by atoms with Crippen LogP contribution in [0, 0.1) is 17.6 Å². The zero-order valence-electron chi connectivity index (χ0n) is 9.25. The zero-order chi connectivity index (χ0) is 12.4. The molecule has 1 atom stereocenters. The van der Waals surface area contributed by atoms with Crippen LogP contribution in [0.15, 0.2) is 18.2 Å². The predicted octanol–water partition coefficient (Wildman–Crippen LogP) is 1.43. The van der Waals surface area contributed by atoms with Crippen LogP contribution in [0.1, 0.15) is 23.2 Å². The van der Waals surface area contributed by atoms with E-state index in [-0.39, 0.29) is 11.6 Å². The highest BCUT2D eigenvalue weighted by Crippen LogP contribution is 2.31. The summed E-state index contributed by atoms with van der Waals surface area (Å²) in [4.78, 5) is 11.6. The summed E-state index contributed by atoms with van der Waals surface area (Å²) in [5.74, 6) is -1.93. The third-order valence-corrected chi connectivity index (χ3v) is 2.91. The summed E-state index contributed by atoms with van der Waals surface area (Å²) in [6, 6.07) is 3.01. The maximum absolute atomic E-state index is 12.9. The van der Waals surface area contributed by atoms with Gasteiger partial charge in [-0.25, -0.2) is 8.78 Å². The molecule has 0 aromatic heterocycles. The first-order valence-electron chi connectivity index (χ1n) is 5.57. The molecular weight excluding hydrogens is 226 g/mol. The minimum Gasteiger partial charge on any atom is -0.350 e. The normalized spacial score (nSPS) is 16.6. The Morgan fingerprint density at radius 1 is 1.41 bits per heavy atom. The van der Waals surface area contributed by atoms with Crippen molar-refractivity contribution in [3.05, 3.63) is 35.4 Å². The van der Waals surface area contributed by atoms with E-state index in [1.165, 1.54) is 6.07 Å². The molecule has 17 heavy (non-hydrogen) atoms. The van der Waals surface area contributed by atoms with Crippen molar-refractivity contribution in [1.82, 2.24) is 5.32 Å². The van der Waals surface area contributed by atoms with Crippen LogP contribution in [-0.2, 0) is 0 Å². The van der Waals surface area contributed by atoms with Gasteiger partial charge < -0.3 is 11.1 Å². The smallest absolute Gasteiger partial charge is 0.251 e. The van der Waals surface area contributed by atoms with Crippen molar-refractivity contribution in [1.29, 1.82) is 0 Å². The van der Waals surface area contributed by atoms with E-state index < -0.39 is 17.5 Å². The number of halogens is 2. The first-order valence-corrected chi connectivity index (χ1v) is 5.57. The largest absolute Gasteiger partial charge is 0.350 e. The van der Waals surface area contributed by atoms with E-state index in [0.717, 1.165) is 25.0 Å². The molecule has 1 aliphatic rings. The first-order chi connectivity index (χ1) is 8.08. The van der Waals surface area contributed by atoms with Crippen LogP contribution in [0.2, 0.25) is 0 Å². The molecule has 1 aromatic carbocycles. The van der Waals surface area contributed by atoms with Crippen LogP contribution in [-0.4, -0.2) is 18.5 Å². The maximum Gasteiger partial charge on any atom is 0.251 e. The molecule has 1 aromatic rings. The van der Waals surface area contributed by atoms with Gasteiger partial charge in [-0.05, 0) is 37.0 Å². The summed E-state index contributed by atoms with van der Waals surface area (Å²) in [6.07, 6.45) is 2.20. The predicted molar refractivity (Wildman–Crippen MR) is 59.4 cm³/mol. The molecular formula is C12H14F2N2O. The van der Waals surface area contributed by atoms with E-state index >= 15 is 0 Å². The van der Waals surface area contributed by atoms with Crippen molar-refractivity contribution in [2.75, 3.05) is 6.54 Å². The summed E-state index contributed by atoms with van der Waals surface area (Å²) < 4.78 is 25.6. The first kappa shape index (κ1) is 12.0. The molecule has 1 unspecified atom stereocenters. The zero-order valence-corrected chi connectivity index (χ0v) is 9.25. The van der Waals surface area contributed by atoms with Gasteiger partial charge in [0.15, 0.2) is 11.6 Å². The van der Waals surface area contributed by atoms with Gasteiger partial charge in [0.05, 0.1) is 0 Å². The van der Waals surface area contributed by atoms with Crippen molar-refractivity contribution in [3.63, 3.8) is 0 Å². The summed E-state index contributed by atoms with van der Waals surface area (Å²) in [5, 5.41) is 2.61. The van der Waals surface area contributed by atoms with E-state index in [1.807, 2.05) is 0 Å². The fraction of sp³-hybridized carbons (Fsp3) is 0.417. The number of hydrogen-bond donors (Lipinski definition) is 2. The molecule has 1 amide bonds. The highest BCUT2D eigenvalue weighted by atomic mass is 19.2. The topological polar surface area (TPSA) is 55.1 Å². The number of amides is 1. The van der Waals surface area contributed by atoms with E-state index in [2.05, 4.69) is 5.32 Å². The summed E-state index contributed by atoms with van der Waals surface area (Å²) in [5.41, 5.74) is 5.91. The second-order valence-corrected chi connectivity index (χ2v) is 4.34. The molecule has 0 heterocycles. The molecule has 0 spiro atoms. The van der Waals surface area contributed by atoms with Gasteiger partial charge >= 0.3 is 0 Å². The van der Waals surface area contributed by atoms with Crippen molar-refractivity contribution >= 4 is 5.91 Å². The van der Waals surface area contributed by atoms with Gasteiger partial charge in [0.25, 0.3) is 5.91 Å². The lowest BCUT2D eigenvalue weighted by molar-refractivity contribution is 0.0949. The highest BCUT2D eigenvalue weighted by molar-refractivity contribution is 5.94. The lowest BCUT2D eigenvalue weighted by Gasteiger charge is -2.11. The Kier molecular flexibility index (Phi) is 3.38. The second kappa shape index (κ2) is 4.79. The summed E-state index contributed by atoms with van der Waals surface area (Å²) >= 11 is 0. The number of carbonyl (C=O) groups excluding carboxylic acids is 1. The number of hydrogen-bond acceptors (Lipinski definition) is 2. The third-order valence-electron chi connectivity index (χ3n) is 2.91. The Morgan fingerprint density at radius 3 is 2.71 bits per heavy atom. The van der Waals surface area contributed by atoms with Crippen LogP contribution in [0.4, 0.5) is 8.78 Å². The quantitative estimate of drug-likeness (QED) is 0.836. The van der Waals surface area contributed by atoms with Gasteiger partial charge in [-0.3, -0.25) is 4.79 Å².